The molecule has 0 saturated heterocycles. The van der Waals surface area contributed by atoms with E-state index in [4.69, 9.17) is 14.6 Å². The fourth-order valence-corrected chi connectivity index (χ4v) is 0.945. The molecule has 0 amide bonds. The molecule has 3 nitrogen and oxygen atoms in total. The summed E-state index contributed by atoms with van der Waals surface area (Å²) in [6, 6.07) is 1.27. The molecule has 1 N–H and O–H groups in total. The van der Waals surface area contributed by atoms with Crippen LogP contribution in [0.2, 0.25) is 6.04 Å². The van der Waals surface area contributed by atoms with Crippen LogP contribution in [0.4, 0.5) is 0 Å². The molecule has 0 fully saturated rings. The molecule has 4 heteroatoms. The second-order valence-corrected chi connectivity index (χ2v) is 3.47. The van der Waals surface area contributed by atoms with Crippen LogP contribution < -0.4 is 0 Å². The van der Waals surface area contributed by atoms with Crippen molar-refractivity contribution in [1.29, 1.82) is 0 Å². The Bertz CT molecular complexity index is 76.1. The lowest BCUT2D eigenvalue weighted by atomic mass is 10.4. The first-order valence-electron chi connectivity index (χ1n) is 4.06. The molecule has 0 heterocycles. The Morgan fingerprint density at radius 3 is 2.73 bits per heavy atom. The minimum atomic E-state index is -0.149. The molecule has 1 atom stereocenters. The summed E-state index contributed by atoms with van der Waals surface area (Å²) in [5.41, 5.74) is 0. The third kappa shape index (κ3) is 6.49. The van der Waals surface area contributed by atoms with Crippen LogP contribution in [0.3, 0.4) is 0 Å². The van der Waals surface area contributed by atoms with Gasteiger partial charge in [0.2, 0.25) is 0 Å². The van der Waals surface area contributed by atoms with E-state index in [-0.39, 0.29) is 12.7 Å². The number of hydrogen-bond acceptors (Lipinski definition) is 3. The Labute approximate surface area is 71.1 Å². The lowest BCUT2D eigenvalue weighted by Crippen LogP contribution is -2.22. The van der Waals surface area contributed by atoms with E-state index in [1.807, 2.05) is 0 Å². The summed E-state index contributed by atoms with van der Waals surface area (Å²) in [5.74, 6) is 0. The largest absolute Gasteiger partial charge is 0.394 e. The highest BCUT2D eigenvalue weighted by Crippen LogP contribution is 1.92. The van der Waals surface area contributed by atoms with Gasteiger partial charge in [-0.3, -0.25) is 0 Å². The molecule has 0 aromatic rings. The zero-order valence-corrected chi connectivity index (χ0v) is 9.38. The molecule has 0 bridgehead atoms. The maximum Gasteiger partial charge on any atom is 0.103 e. The SMILES string of the molecule is COC(CO)COCCC[SiH3]. The highest BCUT2D eigenvalue weighted by molar-refractivity contribution is 6.08. The van der Waals surface area contributed by atoms with Gasteiger partial charge in [-0.05, 0) is 6.42 Å². The molecule has 0 aliphatic rings. The summed E-state index contributed by atoms with van der Waals surface area (Å²) in [7, 11) is 2.82. The Balaban J connectivity index is 3.07. The van der Waals surface area contributed by atoms with Crippen LogP contribution in [0.1, 0.15) is 6.42 Å². The molecule has 0 spiro atoms. The van der Waals surface area contributed by atoms with Crippen molar-refractivity contribution in [3.05, 3.63) is 0 Å². The average Bonchev–Trinajstić information content (AvgIpc) is 2.05. The summed E-state index contributed by atoms with van der Waals surface area (Å²) >= 11 is 0. The minimum Gasteiger partial charge on any atom is -0.394 e. The van der Waals surface area contributed by atoms with Crippen LogP contribution in [0.25, 0.3) is 0 Å². The van der Waals surface area contributed by atoms with E-state index >= 15 is 0 Å². The van der Waals surface area contributed by atoms with Gasteiger partial charge in [0.25, 0.3) is 0 Å². The van der Waals surface area contributed by atoms with Crippen molar-refractivity contribution >= 4 is 10.2 Å². The van der Waals surface area contributed by atoms with Gasteiger partial charge in [0.1, 0.15) is 6.10 Å². The highest BCUT2D eigenvalue weighted by atomic mass is 28.1. The highest BCUT2D eigenvalue weighted by Gasteiger charge is 2.03. The molecule has 1 unspecified atom stereocenters. The average molecular weight is 178 g/mol. The van der Waals surface area contributed by atoms with E-state index in [0.717, 1.165) is 13.0 Å². The standard InChI is InChI=1S/C7H18O3Si/c1-9-7(5-8)6-10-3-2-4-11/h7-8H,2-6H2,1,11H3. The minimum absolute atomic E-state index is 0.0391. The van der Waals surface area contributed by atoms with Crippen molar-refractivity contribution in [2.75, 3.05) is 26.9 Å². The van der Waals surface area contributed by atoms with Gasteiger partial charge in [0.05, 0.1) is 13.2 Å². The van der Waals surface area contributed by atoms with E-state index in [1.54, 1.807) is 7.11 Å². The topological polar surface area (TPSA) is 38.7 Å². The van der Waals surface area contributed by atoms with Crippen molar-refractivity contribution in [3.63, 3.8) is 0 Å². The third-order valence-corrected chi connectivity index (χ3v) is 2.19. The molecule has 0 aromatic carbocycles. The van der Waals surface area contributed by atoms with Gasteiger partial charge in [-0.15, -0.1) is 0 Å². The number of rotatable bonds is 7. The Hall–Kier alpha value is 0.0969. The summed E-state index contributed by atoms with van der Waals surface area (Å²) in [6.45, 7) is 1.34. The number of aliphatic hydroxyl groups excluding tert-OH is 1. The maximum absolute atomic E-state index is 8.68. The van der Waals surface area contributed by atoms with Gasteiger partial charge in [0, 0.05) is 24.0 Å². The van der Waals surface area contributed by atoms with Crippen molar-refractivity contribution in [2.45, 2.75) is 18.6 Å². The van der Waals surface area contributed by atoms with Crippen LogP contribution in [-0.2, 0) is 9.47 Å². The zero-order chi connectivity index (χ0) is 8.53. The molecule has 0 rings (SSSR count). The first kappa shape index (κ1) is 11.1. The number of aliphatic hydroxyl groups is 1. The molecular weight excluding hydrogens is 160 g/mol. The van der Waals surface area contributed by atoms with Crippen LogP contribution in [0.5, 0.6) is 0 Å². The van der Waals surface area contributed by atoms with Crippen molar-refractivity contribution in [1.82, 2.24) is 0 Å². The van der Waals surface area contributed by atoms with Gasteiger partial charge >= 0.3 is 0 Å². The van der Waals surface area contributed by atoms with Crippen molar-refractivity contribution in [3.8, 4) is 0 Å². The summed E-state index contributed by atoms with van der Waals surface area (Å²) in [4.78, 5) is 0. The molecule has 0 aromatic heterocycles. The fourth-order valence-electron chi connectivity index (χ4n) is 0.656. The second-order valence-electron chi connectivity index (χ2n) is 2.47. The first-order chi connectivity index (χ1) is 5.35. The van der Waals surface area contributed by atoms with Crippen LogP contribution in [0.15, 0.2) is 0 Å². The smallest absolute Gasteiger partial charge is 0.103 e. The van der Waals surface area contributed by atoms with E-state index in [2.05, 4.69) is 0 Å². The van der Waals surface area contributed by atoms with Gasteiger partial charge < -0.3 is 14.6 Å². The lowest BCUT2D eigenvalue weighted by molar-refractivity contribution is -0.0195. The molecular formula is C7H18O3Si. The molecule has 0 saturated carbocycles. The van der Waals surface area contributed by atoms with Crippen molar-refractivity contribution in [2.24, 2.45) is 0 Å². The van der Waals surface area contributed by atoms with Gasteiger partial charge in [-0.2, -0.15) is 0 Å². The van der Waals surface area contributed by atoms with Gasteiger partial charge in [-0.25, -0.2) is 0 Å². The number of ether oxygens (including phenoxy) is 2. The van der Waals surface area contributed by atoms with E-state index in [0.29, 0.717) is 6.61 Å². The molecule has 68 valence electrons. The first-order valence-corrected chi connectivity index (χ1v) is 5.48. The van der Waals surface area contributed by atoms with E-state index in [1.165, 1.54) is 16.3 Å². The maximum atomic E-state index is 8.68. The van der Waals surface area contributed by atoms with Gasteiger partial charge in [-0.1, -0.05) is 6.04 Å². The summed E-state index contributed by atoms with van der Waals surface area (Å²) in [5, 5.41) is 8.68. The van der Waals surface area contributed by atoms with Crippen molar-refractivity contribution < 1.29 is 14.6 Å². The van der Waals surface area contributed by atoms with E-state index < -0.39 is 0 Å². The predicted octanol–water partition coefficient (Wildman–Crippen LogP) is -0.816. The van der Waals surface area contributed by atoms with Gasteiger partial charge in [0.15, 0.2) is 0 Å². The molecule has 0 radical (unpaired) electrons. The summed E-state index contributed by atoms with van der Waals surface area (Å²) < 4.78 is 10.2. The second kappa shape index (κ2) is 8.20. The molecule has 11 heavy (non-hydrogen) atoms. The van der Waals surface area contributed by atoms with Crippen LogP contribution >= 0.6 is 0 Å². The fraction of sp³-hybridized carbons (Fsp3) is 1.00. The Kier molecular flexibility index (Phi) is 8.27. The van der Waals surface area contributed by atoms with Crippen LogP contribution in [0, 0.1) is 0 Å². The number of methoxy groups -OCH3 is 1. The normalized spacial score (nSPS) is 13.6. The van der Waals surface area contributed by atoms with E-state index in [9.17, 15) is 0 Å². The van der Waals surface area contributed by atoms with Crippen LogP contribution in [-0.4, -0.2) is 48.4 Å². The predicted molar refractivity (Wildman–Crippen MR) is 48.1 cm³/mol. The quantitative estimate of drug-likeness (QED) is 0.409. The molecule has 0 aliphatic heterocycles. The monoisotopic (exact) mass is 178 g/mol. The Morgan fingerprint density at radius 1 is 1.55 bits per heavy atom. The zero-order valence-electron chi connectivity index (χ0n) is 7.38. The third-order valence-electron chi connectivity index (χ3n) is 1.48. The summed E-state index contributed by atoms with van der Waals surface area (Å²) in [6.07, 6.45) is 0.984. The Morgan fingerprint density at radius 2 is 2.27 bits per heavy atom. The lowest BCUT2D eigenvalue weighted by Gasteiger charge is -2.11. The molecule has 0 aliphatic carbocycles. The number of hydrogen-bond donors (Lipinski definition) is 1.